The highest BCUT2D eigenvalue weighted by atomic mass is 16.4. The van der Waals surface area contributed by atoms with Crippen LogP contribution in [-0.2, 0) is 11.2 Å². The Morgan fingerprint density at radius 1 is 1.53 bits per heavy atom. The summed E-state index contributed by atoms with van der Waals surface area (Å²) in [6, 6.07) is 3.28. The number of hydrogen-bond acceptors (Lipinski definition) is 4. The van der Waals surface area contributed by atoms with Crippen molar-refractivity contribution in [3.8, 4) is 0 Å². The SMILES string of the molecule is CC(=O)Cc1nc(C(=O)O)c2c(N)cccn12. The fourth-order valence-corrected chi connectivity index (χ4v) is 1.72. The van der Waals surface area contributed by atoms with Gasteiger partial charge in [0.05, 0.1) is 12.1 Å². The maximum Gasteiger partial charge on any atom is 0.356 e. The fraction of sp³-hybridized carbons (Fsp3) is 0.182. The van der Waals surface area contributed by atoms with Gasteiger partial charge >= 0.3 is 5.97 Å². The van der Waals surface area contributed by atoms with E-state index in [0.29, 0.717) is 17.0 Å². The minimum Gasteiger partial charge on any atom is -0.476 e. The van der Waals surface area contributed by atoms with Gasteiger partial charge in [-0.3, -0.25) is 4.79 Å². The molecule has 2 aromatic rings. The van der Waals surface area contributed by atoms with Gasteiger partial charge in [-0.25, -0.2) is 9.78 Å². The smallest absolute Gasteiger partial charge is 0.356 e. The van der Waals surface area contributed by atoms with E-state index in [-0.39, 0.29) is 17.9 Å². The summed E-state index contributed by atoms with van der Waals surface area (Å²) < 4.78 is 1.54. The number of carbonyl (C=O) groups excluding carboxylic acids is 1. The van der Waals surface area contributed by atoms with Crippen molar-refractivity contribution >= 4 is 23.0 Å². The molecule has 6 nitrogen and oxygen atoms in total. The molecule has 0 saturated heterocycles. The Morgan fingerprint density at radius 2 is 2.24 bits per heavy atom. The molecule has 0 aromatic carbocycles. The molecule has 3 N–H and O–H groups in total. The largest absolute Gasteiger partial charge is 0.476 e. The van der Waals surface area contributed by atoms with Gasteiger partial charge in [-0.2, -0.15) is 0 Å². The number of pyridine rings is 1. The molecule has 0 bridgehead atoms. The van der Waals surface area contributed by atoms with E-state index < -0.39 is 5.97 Å². The first-order chi connectivity index (χ1) is 8.00. The number of ketones is 1. The quantitative estimate of drug-likeness (QED) is 0.815. The third kappa shape index (κ3) is 1.84. The summed E-state index contributed by atoms with van der Waals surface area (Å²) in [5, 5.41) is 9.04. The van der Waals surface area contributed by atoms with Crippen LogP contribution in [0.3, 0.4) is 0 Å². The van der Waals surface area contributed by atoms with E-state index in [1.807, 2.05) is 0 Å². The Kier molecular flexibility index (Phi) is 2.55. The maximum absolute atomic E-state index is 11.1. The van der Waals surface area contributed by atoms with E-state index in [1.165, 1.54) is 6.92 Å². The predicted molar refractivity (Wildman–Crippen MR) is 60.9 cm³/mol. The zero-order valence-corrected chi connectivity index (χ0v) is 9.17. The van der Waals surface area contributed by atoms with Gasteiger partial charge in [0.1, 0.15) is 17.1 Å². The van der Waals surface area contributed by atoms with Crippen molar-refractivity contribution in [3.05, 3.63) is 29.8 Å². The number of nitrogen functional groups attached to an aromatic ring is 1. The van der Waals surface area contributed by atoms with Crippen molar-refractivity contribution in [1.82, 2.24) is 9.38 Å². The van der Waals surface area contributed by atoms with Gasteiger partial charge in [-0.15, -0.1) is 0 Å². The van der Waals surface area contributed by atoms with Crippen molar-refractivity contribution in [1.29, 1.82) is 0 Å². The van der Waals surface area contributed by atoms with Crippen LogP contribution >= 0.6 is 0 Å². The molecule has 0 atom stereocenters. The number of Topliss-reactive ketones (excluding diaryl/α,β-unsaturated/α-hetero) is 1. The molecule has 0 radical (unpaired) electrons. The second-order valence-corrected chi connectivity index (χ2v) is 3.74. The number of fused-ring (bicyclic) bond motifs is 1. The van der Waals surface area contributed by atoms with Gasteiger partial charge in [-0.1, -0.05) is 0 Å². The molecule has 0 aliphatic carbocycles. The van der Waals surface area contributed by atoms with E-state index in [2.05, 4.69) is 4.98 Å². The zero-order chi connectivity index (χ0) is 12.6. The third-order valence-corrected chi connectivity index (χ3v) is 2.38. The van der Waals surface area contributed by atoms with Crippen molar-refractivity contribution in [3.63, 3.8) is 0 Å². The highest BCUT2D eigenvalue weighted by molar-refractivity contribution is 5.98. The van der Waals surface area contributed by atoms with Crippen LogP contribution in [0, 0.1) is 0 Å². The summed E-state index contributed by atoms with van der Waals surface area (Å²) in [6.07, 6.45) is 1.72. The molecule has 0 unspecified atom stereocenters. The first kappa shape index (κ1) is 11.1. The number of nitrogens with two attached hydrogens (primary N) is 1. The van der Waals surface area contributed by atoms with Gasteiger partial charge in [-0.05, 0) is 19.1 Å². The standard InChI is InChI=1S/C11H11N3O3/c1-6(15)5-8-13-9(11(16)17)10-7(12)3-2-4-14(8)10/h2-4H,5,12H2,1H3,(H,16,17). The van der Waals surface area contributed by atoms with Crippen LogP contribution in [0.2, 0.25) is 0 Å². The summed E-state index contributed by atoms with van der Waals surface area (Å²) in [5.41, 5.74) is 6.26. The van der Waals surface area contributed by atoms with Crippen molar-refractivity contribution in [2.45, 2.75) is 13.3 Å². The lowest BCUT2D eigenvalue weighted by molar-refractivity contribution is -0.116. The summed E-state index contributed by atoms with van der Waals surface area (Å²) in [4.78, 5) is 26.1. The molecular weight excluding hydrogens is 222 g/mol. The number of anilines is 1. The van der Waals surface area contributed by atoms with Gasteiger partial charge < -0.3 is 15.2 Å². The molecule has 0 aliphatic heterocycles. The Balaban J connectivity index is 2.75. The minimum absolute atomic E-state index is 0.0813. The number of carboxylic acids is 1. The topological polar surface area (TPSA) is 97.7 Å². The third-order valence-electron chi connectivity index (χ3n) is 2.38. The van der Waals surface area contributed by atoms with Crippen LogP contribution in [0.1, 0.15) is 23.2 Å². The minimum atomic E-state index is -1.16. The fourth-order valence-electron chi connectivity index (χ4n) is 1.72. The molecule has 0 fully saturated rings. The first-order valence-corrected chi connectivity index (χ1v) is 4.99. The van der Waals surface area contributed by atoms with E-state index in [1.54, 1.807) is 22.7 Å². The zero-order valence-electron chi connectivity index (χ0n) is 9.17. The van der Waals surface area contributed by atoms with E-state index in [9.17, 15) is 9.59 Å². The number of hydrogen-bond donors (Lipinski definition) is 2. The second kappa shape index (κ2) is 3.89. The first-order valence-electron chi connectivity index (χ1n) is 4.99. The van der Waals surface area contributed by atoms with Crippen LogP contribution in [0.15, 0.2) is 18.3 Å². The second-order valence-electron chi connectivity index (χ2n) is 3.74. The Labute approximate surface area is 96.7 Å². The molecule has 0 amide bonds. The number of carboxylic acid groups (broad SMARTS) is 1. The molecule has 0 saturated carbocycles. The van der Waals surface area contributed by atoms with Gasteiger partial charge in [0.15, 0.2) is 5.69 Å². The molecule has 2 rings (SSSR count). The summed E-state index contributed by atoms with van der Waals surface area (Å²) in [7, 11) is 0. The molecule has 88 valence electrons. The van der Waals surface area contributed by atoms with Crippen LogP contribution < -0.4 is 5.73 Å². The van der Waals surface area contributed by atoms with Crippen LogP contribution in [0.25, 0.3) is 5.52 Å². The van der Waals surface area contributed by atoms with Crippen molar-refractivity contribution in [2.75, 3.05) is 5.73 Å². The average molecular weight is 233 g/mol. The number of aromatic nitrogens is 2. The number of imidazole rings is 1. The number of nitrogens with zero attached hydrogens (tertiary/aromatic N) is 2. The normalized spacial score (nSPS) is 10.6. The van der Waals surface area contributed by atoms with Gasteiger partial charge in [0.25, 0.3) is 0 Å². The average Bonchev–Trinajstić information content (AvgIpc) is 2.58. The van der Waals surface area contributed by atoms with Crippen LogP contribution in [0.4, 0.5) is 5.69 Å². The molecule has 2 heterocycles. The van der Waals surface area contributed by atoms with Crippen molar-refractivity contribution in [2.24, 2.45) is 0 Å². The summed E-state index contributed by atoms with van der Waals surface area (Å²) in [5.74, 6) is -0.858. The van der Waals surface area contributed by atoms with Crippen LogP contribution in [-0.4, -0.2) is 26.2 Å². The molecule has 0 spiro atoms. The number of carbonyl (C=O) groups is 2. The number of aromatic carboxylic acids is 1. The predicted octanol–water partition coefficient (Wildman–Crippen LogP) is 0.746. The summed E-state index contributed by atoms with van der Waals surface area (Å²) >= 11 is 0. The Morgan fingerprint density at radius 3 is 2.82 bits per heavy atom. The molecule has 2 aromatic heterocycles. The monoisotopic (exact) mass is 233 g/mol. The Hall–Kier alpha value is -2.37. The van der Waals surface area contributed by atoms with E-state index in [4.69, 9.17) is 10.8 Å². The Bertz CT molecular complexity index is 616. The van der Waals surface area contributed by atoms with Gasteiger partial charge in [0.2, 0.25) is 0 Å². The molecule has 17 heavy (non-hydrogen) atoms. The molecule has 6 heteroatoms. The van der Waals surface area contributed by atoms with Gasteiger partial charge in [0, 0.05) is 6.20 Å². The summed E-state index contributed by atoms with van der Waals surface area (Å²) in [6.45, 7) is 1.42. The lowest BCUT2D eigenvalue weighted by Crippen LogP contribution is -2.02. The highest BCUT2D eigenvalue weighted by Gasteiger charge is 2.19. The maximum atomic E-state index is 11.1. The molecular formula is C11H11N3O3. The van der Waals surface area contributed by atoms with E-state index >= 15 is 0 Å². The molecule has 0 aliphatic rings. The number of rotatable bonds is 3. The lowest BCUT2D eigenvalue weighted by Gasteiger charge is -2.00. The van der Waals surface area contributed by atoms with E-state index in [0.717, 1.165) is 0 Å². The van der Waals surface area contributed by atoms with Crippen LogP contribution in [0.5, 0.6) is 0 Å². The lowest BCUT2D eigenvalue weighted by atomic mass is 10.3. The van der Waals surface area contributed by atoms with Crippen molar-refractivity contribution < 1.29 is 14.7 Å². The highest BCUT2D eigenvalue weighted by Crippen LogP contribution is 2.20.